The van der Waals surface area contributed by atoms with Crippen molar-refractivity contribution in [3.63, 3.8) is 0 Å². The Labute approximate surface area is 204 Å². The van der Waals surface area contributed by atoms with E-state index in [0.717, 1.165) is 49.2 Å². The maximum atomic E-state index is 11.9. The predicted molar refractivity (Wildman–Crippen MR) is 132 cm³/mol. The number of hydrogen-bond acceptors (Lipinski definition) is 8. The molecule has 1 atom stereocenters. The van der Waals surface area contributed by atoms with Gasteiger partial charge in [0.2, 0.25) is 5.95 Å². The van der Waals surface area contributed by atoms with Gasteiger partial charge in [0.05, 0.1) is 30.9 Å². The molecule has 1 saturated heterocycles. The van der Waals surface area contributed by atoms with Crippen LogP contribution < -0.4 is 15.2 Å². The summed E-state index contributed by atoms with van der Waals surface area (Å²) in [6.45, 7) is 2.71. The number of benzene rings is 1. The molecule has 0 spiro atoms. The number of likely N-dealkylation sites (N-methyl/N-ethyl adjacent to an activating group) is 1. The Morgan fingerprint density at radius 1 is 1.24 bits per heavy atom. The summed E-state index contributed by atoms with van der Waals surface area (Å²) >= 11 is 0. The minimum Gasteiger partial charge on any atom is -0.495 e. The number of nitrogens with one attached hydrogen (secondary N) is 1. The molecule has 2 aromatic heterocycles. The maximum absolute atomic E-state index is 11.9. The van der Waals surface area contributed by atoms with Gasteiger partial charge in [-0.25, -0.2) is 14.8 Å². The molecule has 0 radical (unpaired) electrons. The van der Waals surface area contributed by atoms with Crippen LogP contribution in [0.2, 0.25) is 0 Å². The van der Waals surface area contributed by atoms with Gasteiger partial charge in [-0.2, -0.15) is 22.8 Å². The second-order valence-corrected chi connectivity index (χ2v) is 10.2. The van der Waals surface area contributed by atoms with Crippen LogP contribution in [-0.4, -0.2) is 70.7 Å². The molecule has 1 unspecified atom stereocenters. The normalized spacial score (nSPS) is 19.1. The molecular formula is C21H29ClN8O3S. The van der Waals surface area contributed by atoms with Crippen molar-refractivity contribution < 1.29 is 13.2 Å². The van der Waals surface area contributed by atoms with Gasteiger partial charge in [0, 0.05) is 31.9 Å². The average Bonchev–Trinajstić information content (AvgIpc) is 3.41. The number of anilines is 2. The highest BCUT2D eigenvalue weighted by molar-refractivity contribution is 7.86. The Morgan fingerprint density at radius 3 is 2.82 bits per heavy atom. The van der Waals surface area contributed by atoms with Gasteiger partial charge in [0.1, 0.15) is 5.75 Å². The molecule has 1 aromatic carbocycles. The molecule has 184 valence electrons. The fourth-order valence-electron chi connectivity index (χ4n) is 4.70. The van der Waals surface area contributed by atoms with Crippen molar-refractivity contribution in [1.82, 2.24) is 29.0 Å². The lowest BCUT2D eigenvalue weighted by Gasteiger charge is -2.26. The van der Waals surface area contributed by atoms with E-state index < -0.39 is 10.2 Å². The molecule has 2 aliphatic heterocycles. The molecule has 0 saturated carbocycles. The number of rotatable bonds is 6. The van der Waals surface area contributed by atoms with Crippen molar-refractivity contribution in [1.29, 1.82) is 0 Å². The Bertz CT molecular complexity index is 1300. The summed E-state index contributed by atoms with van der Waals surface area (Å²) in [6, 6.07) is 3.93. The number of ether oxygens (including phenoxy) is 1. The molecule has 11 nitrogen and oxygen atoms in total. The van der Waals surface area contributed by atoms with Gasteiger partial charge in [-0.1, -0.05) is 0 Å². The first kappa shape index (κ1) is 24.6. The molecule has 4 heterocycles. The summed E-state index contributed by atoms with van der Waals surface area (Å²) in [5.74, 6) is 1.16. The predicted octanol–water partition coefficient (Wildman–Crippen LogP) is 1.66. The monoisotopic (exact) mass is 508 g/mol. The van der Waals surface area contributed by atoms with Crippen LogP contribution in [0.25, 0.3) is 11.0 Å². The molecule has 13 heteroatoms. The Morgan fingerprint density at radius 2 is 2.06 bits per heavy atom. The van der Waals surface area contributed by atoms with Crippen LogP contribution >= 0.6 is 12.4 Å². The zero-order chi connectivity index (χ0) is 23.2. The van der Waals surface area contributed by atoms with Gasteiger partial charge in [0.25, 0.3) is 10.2 Å². The third-order valence-electron chi connectivity index (χ3n) is 6.38. The molecule has 5 rings (SSSR count). The Kier molecular flexibility index (Phi) is 6.97. The first-order valence-corrected chi connectivity index (χ1v) is 12.5. The van der Waals surface area contributed by atoms with Crippen LogP contribution in [0.3, 0.4) is 0 Å². The molecule has 0 amide bonds. The van der Waals surface area contributed by atoms with Gasteiger partial charge < -0.3 is 15.0 Å². The highest BCUT2D eigenvalue weighted by Crippen LogP contribution is 2.33. The Balaban J connectivity index is 0.00000274. The maximum Gasteiger partial charge on any atom is 0.277 e. The van der Waals surface area contributed by atoms with E-state index in [1.165, 1.54) is 15.4 Å². The smallest absolute Gasteiger partial charge is 0.277 e. The highest BCUT2D eigenvalue weighted by Gasteiger charge is 2.32. The van der Waals surface area contributed by atoms with Crippen LogP contribution in [0.4, 0.5) is 11.6 Å². The van der Waals surface area contributed by atoms with E-state index in [4.69, 9.17) is 9.88 Å². The fourth-order valence-corrected chi connectivity index (χ4v) is 5.67. The van der Waals surface area contributed by atoms with E-state index in [2.05, 4.69) is 44.5 Å². The van der Waals surface area contributed by atoms with Crippen LogP contribution in [0.5, 0.6) is 5.75 Å². The topological polar surface area (TPSA) is 132 Å². The number of nitrogens with two attached hydrogens (primary N) is 1. The lowest BCUT2D eigenvalue weighted by molar-refractivity contribution is 0.312. The zero-order valence-electron chi connectivity index (χ0n) is 19.1. The van der Waals surface area contributed by atoms with Crippen molar-refractivity contribution in [2.24, 2.45) is 5.14 Å². The summed E-state index contributed by atoms with van der Waals surface area (Å²) in [5, 5.41) is 13.9. The van der Waals surface area contributed by atoms with Crippen LogP contribution in [0.1, 0.15) is 24.0 Å². The van der Waals surface area contributed by atoms with Crippen molar-refractivity contribution in [2.75, 3.05) is 32.6 Å². The molecule has 1 fully saturated rings. The first-order valence-electron chi connectivity index (χ1n) is 11.0. The molecule has 0 aliphatic carbocycles. The molecule has 0 bridgehead atoms. The zero-order valence-corrected chi connectivity index (χ0v) is 20.8. The number of hydrogen-bond donors (Lipinski definition) is 2. The lowest BCUT2D eigenvalue weighted by Crippen LogP contribution is -2.42. The number of halogens is 1. The van der Waals surface area contributed by atoms with E-state index in [-0.39, 0.29) is 18.4 Å². The summed E-state index contributed by atoms with van der Waals surface area (Å²) in [7, 11) is 0.0170. The largest absolute Gasteiger partial charge is 0.495 e. The second kappa shape index (κ2) is 9.62. The molecule has 34 heavy (non-hydrogen) atoms. The summed E-state index contributed by atoms with van der Waals surface area (Å²) < 4.78 is 32.5. The van der Waals surface area contributed by atoms with Gasteiger partial charge in [-0.05, 0) is 49.6 Å². The summed E-state index contributed by atoms with van der Waals surface area (Å²) in [4.78, 5) is 11.4. The van der Waals surface area contributed by atoms with E-state index in [1.807, 2.05) is 0 Å². The standard InChI is InChI=1S/C21H28N8O3S.ClH/c1-27-7-5-14-9-19(32-2)18(8-15(14)12-27)25-21-23-10-16-11-24-28(20(16)26-21)13-17-4-3-6-29(17)33(22,30)31;/h8-11,17H,3-7,12-13H2,1-2H3,(H2,22,30,31)(H,23,25,26);1H. The number of fused-ring (bicyclic) bond motifs is 2. The van der Waals surface area contributed by atoms with Crippen LogP contribution in [0.15, 0.2) is 24.5 Å². The molecule has 3 aromatic rings. The highest BCUT2D eigenvalue weighted by atomic mass is 35.5. The van der Waals surface area contributed by atoms with E-state index in [9.17, 15) is 8.42 Å². The molecule has 2 aliphatic rings. The minimum absolute atomic E-state index is 0. The van der Waals surface area contributed by atoms with Gasteiger partial charge >= 0.3 is 0 Å². The third kappa shape index (κ3) is 4.82. The molecular weight excluding hydrogens is 480 g/mol. The van der Waals surface area contributed by atoms with Crippen molar-refractivity contribution in [3.8, 4) is 5.75 Å². The van der Waals surface area contributed by atoms with Gasteiger partial charge in [0.15, 0.2) is 5.65 Å². The lowest BCUT2D eigenvalue weighted by atomic mass is 9.99. The summed E-state index contributed by atoms with van der Waals surface area (Å²) in [6.07, 6.45) is 5.88. The Hall–Kier alpha value is -2.51. The quantitative estimate of drug-likeness (QED) is 0.514. The SMILES string of the molecule is COc1cc2c(cc1Nc1ncc3cnn(CC4CCCN4S(N)(=O)=O)c3n1)CN(C)CC2.Cl. The third-order valence-corrected chi connectivity index (χ3v) is 7.52. The van der Waals surface area contributed by atoms with Crippen molar-refractivity contribution >= 4 is 45.3 Å². The average molecular weight is 509 g/mol. The summed E-state index contributed by atoms with van der Waals surface area (Å²) in [5.41, 5.74) is 3.97. The number of methoxy groups -OCH3 is 1. The number of aromatic nitrogens is 4. The minimum atomic E-state index is -3.75. The number of nitrogens with zero attached hydrogens (tertiary/aromatic N) is 6. The van der Waals surface area contributed by atoms with Crippen LogP contribution in [0, 0.1) is 0 Å². The molecule has 3 N–H and O–H groups in total. The first-order chi connectivity index (χ1) is 15.8. The fraction of sp³-hybridized carbons (Fsp3) is 0.476. The van der Waals surface area contributed by atoms with E-state index >= 15 is 0 Å². The van der Waals surface area contributed by atoms with Crippen molar-refractivity contribution in [3.05, 3.63) is 35.7 Å². The van der Waals surface area contributed by atoms with Crippen molar-refractivity contribution in [2.45, 2.75) is 38.4 Å². The van der Waals surface area contributed by atoms with E-state index in [1.54, 1.807) is 24.2 Å². The van der Waals surface area contributed by atoms with Gasteiger partial charge in [-0.15, -0.1) is 12.4 Å². The van der Waals surface area contributed by atoms with E-state index in [0.29, 0.717) is 24.7 Å². The van der Waals surface area contributed by atoms with Crippen LogP contribution in [-0.2, 0) is 29.7 Å². The second-order valence-electron chi connectivity index (χ2n) is 8.68. The van der Waals surface area contributed by atoms with Gasteiger partial charge in [-0.3, -0.25) is 0 Å².